The first kappa shape index (κ1) is 28.6. The molecular weight excluding hydrogens is 617 g/mol. The molecule has 1 aliphatic rings. The highest BCUT2D eigenvalue weighted by Crippen LogP contribution is 2.58. The minimum Gasteiger partial charge on any atom is -1.00 e. The van der Waals surface area contributed by atoms with Crippen LogP contribution in [0.15, 0.2) is 114 Å². The van der Waals surface area contributed by atoms with E-state index < -0.39 is 25.5 Å². The SMILES string of the molecule is FC(F)(F)C1(c2cc(Cl)cc(Cl)c2)CC(C[P+](c2ccccc2)(c2ccccc2)c2ccccc2)=NO1.[Br-]. The largest absolute Gasteiger partial charge is 1.00 e. The predicted octanol–water partition coefficient (Wildman–Crippen LogP) is 4.53. The zero-order valence-corrected chi connectivity index (χ0v) is 23.9. The van der Waals surface area contributed by atoms with Crippen LogP contribution in [0.4, 0.5) is 13.2 Å². The Morgan fingerprint density at radius 1 is 0.737 bits per heavy atom. The highest BCUT2D eigenvalue weighted by Gasteiger charge is 2.63. The lowest BCUT2D eigenvalue weighted by molar-refractivity contribution is -0.275. The molecule has 1 aliphatic heterocycles. The number of benzene rings is 4. The van der Waals surface area contributed by atoms with Crippen molar-refractivity contribution in [2.75, 3.05) is 6.16 Å². The lowest BCUT2D eigenvalue weighted by atomic mass is 9.88. The van der Waals surface area contributed by atoms with E-state index in [1.165, 1.54) is 18.2 Å². The number of hydrogen-bond acceptors (Lipinski definition) is 2. The topological polar surface area (TPSA) is 21.6 Å². The normalized spacial score (nSPS) is 17.3. The van der Waals surface area contributed by atoms with Gasteiger partial charge in [0.05, 0.1) is 0 Å². The zero-order chi connectivity index (χ0) is 26.1. The van der Waals surface area contributed by atoms with Gasteiger partial charge in [0.15, 0.2) is 0 Å². The molecule has 5 rings (SSSR count). The van der Waals surface area contributed by atoms with E-state index in [1.807, 2.05) is 91.0 Å². The van der Waals surface area contributed by atoms with Gasteiger partial charge in [-0.05, 0) is 54.6 Å². The van der Waals surface area contributed by atoms with E-state index in [0.29, 0.717) is 5.71 Å². The predicted molar refractivity (Wildman–Crippen MR) is 147 cm³/mol. The summed E-state index contributed by atoms with van der Waals surface area (Å²) in [4.78, 5) is 5.33. The summed E-state index contributed by atoms with van der Waals surface area (Å²) in [5.41, 5.74) is -2.51. The molecule has 0 amide bonds. The van der Waals surface area contributed by atoms with Crippen molar-refractivity contribution in [1.82, 2.24) is 0 Å². The van der Waals surface area contributed by atoms with Crippen molar-refractivity contribution in [3.05, 3.63) is 125 Å². The van der Waals surface area contributed by atoms with Crippen LogP contribution in [-0.4, -0.2) is 18.0 Å². The van der Waals surface area contributed by atoms with Gasteiger partial charge in [0.2, 0.25) is 0 Å². The van der Waals surface area contributed by atoms with Crippen LogP contribution in [0, 0.1) is 0 Å². The van der Waals surface area contributed by atoms with Crippen molar-refractivity contribution in [2.24, 2.45) is 5.16 Å². The molecule has 1 atom stereocenters. The van der Waals surface area contributed by atoms with Crippen LogP contribution in [-0.2, 0) is 10.4 Å². The van der Waals surface area contributed by atoms with E-state index in [-0.39, 0.29) is 38.8 Å². The van der Waals surface area contributed by atoms with E-state index in [0.717, 1.165) is 15.9 Å². The zero-order valence-electron chi connectivity index (χ0n) is 19.9. The van der Waals surface area contributed by atoms with Crippen LogP contribution < -0.4 is 32.9 Å². The molecule has 2 nitrogen and oxygen atoms in total. The Morgan fingerprint density at radius 3 is 1.55 bits per heavy atom. The van der Waals surface area contributed by atoms with Gasteiger partial charge < -0.3 is 21.8 Å². The maximum atomic E-state index is 14.7. The van der Waals surface area contributed by atoms with Gasteiger partial charge in [-0.1, -0.05) is 83.0 Å². The molecule has 196 valence electrons. The second-order valence-electron chi connectivity index (χ2n) is 8.88. The summed E-state index contributed by atoms with van der Waals surface area (Å²) < 4.78 is 44.0. The smallest absolute Gasteiger partial charge is 0.435 e. The van der Waals surface area contributed by atoms with Gasteiger partial charge >= 0.3 is 6.18 Å². The summed E-state index contributed by atoms with van der Waals surface area (Å²) >= 11 is 12.2. The van der Waals surface area contributed by atoms with Gasteiger partial charge in [-0.15, -0.1) is 0 Å². The number of rotatable bonds is 6. The van der Waals surface area contributed by atoms with Gasteiger partial charge in [0, 0.05) is 22.0 Å². The van der Waals surface area contributed by atoms with E-state index in [4.69, 9.17) is 28.0 Å². The molecule has 0 aliphatic carbocycles. The minimum atomic E-state index is -4.75. The summed E-state index contributed by atoms with van der Waals surface area (Å²) in [5.74, 6) is 0. The highest BCUT2D eigenvalue weighted by molar-refractivity contribution is 7.96. The number of hydrogen-bond donors (Lipinski definition) is 0. The summed E-state index contributed by atoms with van der Waals surface area (Å²) in [6.45, 7) is 0. The third kappa shape index (κ3) is 5.24. The van der Waals surface area contributed by atoms with Gasteiger partial charge in [-0.25, -0.2) is 0 Å². The Bertz CT molecular complexity index is 1310. The molecule has 0 N–H and O–H groups in total. The number of halogens is 6. The second kappa shape index (κ2) is 11.4. The van der Waals surface area contributed by atoms with Crippen LogP contribution in [0.5, 0.6) is 0 Å². The van der Waals surface area contributed by atoms with Crippen LogP contribution in [0.3, 0.4) is 0 Å². The third-order valence-electron chi connectivity index (χ3n) is 6.58. The van der Waals surface area contributed by atoms with Crippen molar-refractivity contribution in [3.63, 3.8) is 0 Å². The molecule has 0 radical (unpaired) electrons. The first-order chi connectivity index (χ1) is 17.7. The fraction of sp³-hybridized carbons (Fsp3) is 0.138. The molecule has 4 aromatic carbocycles. The van der Waals surface area contributed by atoms with E-state index in [2.05, 4.69) is 5.16 Å². The summed E-state index contributed by atoms with van der Waals surface area (Å²) in [7, 11) is -2.45. The van der Waals surface area contributed by atoms with Gasteiger partial charge in [0.1, 0.15) is 35.0 Å². The summed E-state index contributed by atoms with van der Waals surface area (Å²) in [6, 6.07) is 33.6. The second-order valence-corrected chi connectivity index (χ2v) is 13.2. The maximum Gasteiger partial charge on any atom is 0.435 e. The van der Waals surface area contributed by atoms with Crippen molar-refractivity contribution in [1.29, 1.82) is 0 Å². The first-order valence-corrected chi connectivity index (χ1v) is 14.3. The molecule has 0 spiro atoms. The standard InChI is InChI=1S/C29H22Cl2F3NOP.BrH/c30-22-16-21(17-23(31)18-22)28(29(32,33)34)19-24(35-36-28)20-37(25-10-4-1-5-11-25,26-12-6-2-7-13-26)27-14-8-3-9-15-27;/h1-18H,19-20H2;1H/q+1;/p-1. The Hall–Kier alpha value is -2.37. The highest BCUT2D eigenvalue weighted by atomic mass is 79.9. The molecule has 4 aromatic rings. The van der Waals surface area contributed by atoms with Crippen molar-refractivity contribution in [2.45, 2.75) is 18.2 Å². The molecular formula is C29H22BrCl2F3NOP. The maximum absolute atomic E-state index is 14.7. The summed E-state index contributed by atoms with van der Waals surface area (Å²) in [5, 5.41) is 7.43. The van der Waals surface area contributed by atoms with Crippen LogP contribution in [0.1, 0.15) is 12.0 Å². The third-order valence-corrected chi connectivity index (χ3v) is 11.4. The lowest BCUT2D eigenvalue weighted by Crippen LogP contribution is -3.00. The van der Waals surface area contributed by atoms with E-state index in [9.17, 15) is 13.2 Å². The van der Waals surface area contributed by atoms with Crippen LogP contribution >= 0.6 is 30.5 Å². The van der Waals surface area contributed by atoms with Crippen molar-refractivity contribution >= 4 is 52.1 Å². The Labute approximate surface area is 240 Å². The Balaban J connectivity index is 0.00000336. The molecule has 0 saturated carbocycles. The fourth-order valence-corrected chi connectivity index (χ4v) is 9.61. The first-order valence-electron chi connectivity index (χ1n) is 11.6. The molecule has 9 heteroatoms. The monoisotopic (exact) mass is 637 g/mol. The Kier molecular flexibility index (Phi) is 8.59. The average molecular weight is 639 g/mol. The van der Waals surface area contributed by atoms with Crippen molar-refractivity contribution < 1.29 is 35.0 Å². The Morgan fingerprint density at radius 2 is 1.16 bits per heavy atom. The molecule has 0 aromatic heterocycles. The van der Waals surface area contributed by atoms with Gasteiger partial charge in [-0.3, -0.25) is 0 Å². The molecule has 0 bridgehead atoms. The average Bonchev–Trinajstić information content (AvgIpc) is 3.34. The number of nitrogens with zero attached hydrogens (tertiary/aromatic N) is 1. The number of alkyl halides is 3. The van der Waals surface area contributed by atoms with Gasteiger partial charge in [0.25, 0.3) is 5.60 Å². The van der Waals surface area contributed by atoms with E-state index >= 15 is 0 Å². The minimum absolute atomic E-state index is 0. The van der Waals surface area contributed by atoms with Crippen LogP contribution in [0.25, 0.3) is 0 Å². The van der Waals surface area contributed by atoms with E-state index in [1.54, 1.807) is 0 Å². The van der Waals surface area contributed by atoms with Crippen molar-refractivity contribution in [3.8, 4) is 0 Å². The fourth-order valence-electron chi connectivity index (χ4n) is 4.88. The molecule has 1 unspecified atom stereocenters. The molecule has 1 heterocycles. The lowest BCUT2D eigenvalue weighted by Gasteiger charge is -2.30. The quantitative estimate of drug-likeness (QED) is 0.285. The molecule has 0 saturated heterocycles. The van der Waals surface area contributed by atoms with Crippen LogP contribution in [0.2, 0.25) is 10.0 Å². The summed E-state index contributed by atoms with van der Waals surface area (Å²) in [6.07, 6.45) is -4.92. The number of oxime groups is 1. The van der Waals surface area contributed by atoms with Gasteiger partial charge in [-0.2, -0.15) is 13.2 Å². The molecule has 38 heavy (non-hydrogen) atoms. The molecule has 0 fully saturated rings.